The highest BCUT2D eigenvalue weighted by atomic mass is 19.1. The Morgan fingerprint density at radius 3 is 2.46 bits per heavy atom. The third kappa shape index (κ3) is 3.83. The minimum absolute atomic E-state index is 0.207. The van der Waals surface area contributed by atoms with Crippen LogP contribution in [-0.4, -0.2) is 12.8 Å². The van der Waals surface area contributed by atoms with Gasteiger partial charge < -0.3 is 0 Å². The highest BCUT2D eigenvalue weighted by molar-refractivity contribution is 5.79. The van der Waals surface area contributed by atoms with E-state index in [4.69, 9.17) is 0 Å². The number of nitrogens with zero attached hydrogens (tertiary/aromatic N) is 1. The van der Waals surface area contributed by atoms with Crippen molar-refractivity contribution < 1.29 is 4.39 Å². The van der Waals surface area contributed by atoms with Crippen LogP contribution in [-0.2, 0) is 0 Å². The monoisotopic (exact) mass is 179 g/mol. The van der Waals surface area contributed by atoms with Gasteiger partial charge in [0.15, 0.2) is 0 Å². The van der Waals surface area contributed by atoms with Gasteiger partial charge in [-0.05, 0) is 23.6 Å². The van der Waals surface area contributed by atoms with Crippen LogP contribution in [0.4, 0.5) is 4.39 Å². The molecule has 0 aliphatic heterocycles. The molecule has 70 valence electrons. The lowest BCUT2D eigenvalue weighted by atomic mass is 10.2. The predicted molar refractivity (Wildman–Crippen MR) is 53.7 cm³/mol. The van der Waals surface area contributed by atoms with E-state index in [9.17, 15) is 4.39 Å². The molecule has 0 aromatic heterocycles. The van der Waals surface area contributed by atoms with Crippen LogP contribution in [0.15, 0.2) is 29.3 Å². The normalized spacial score (nSPS) is 11.4. The Kier molecular flexibility index (Phi) is 3.62. The van der Waals surface area contributed by atoms with E-state index in [0.717, 1.165) is 12.1 Å². The number of benzene rings is 1. The van der Waals surface area contributed by atoms with Crippen LogP contribution in [0.1, 0.15) is 19.4 Å². The lowest BCUT2D eigenvalue weighted by Gasteiger charge is -1.97. The molecule has 0 fully saturated rings. The number of hydrogen-bond donors (Lipinski definition) is 0. The SMILES string of the molecule is CC(C)C/N=C\c1ccc(F)cc1. The molecule has 0 heterocycles. The number of hydrogen-bond acceptors (Lipinski definition) is 1. The number of aliphatic imine (C=N–C) groups is 1. The van der Waals surface area contributed by atoms with Crippen LogP contribution in [0.5, 0.6) is 0 Å². The topological polar surface area (TPSA) is 12.4 Å². The van der Waals surface area contributed by atoms with Crippen molar-refractivity contribution in [3.8, 4) is 0 Å². The number of halogens is 1. The Hall–Kier alpha value is -1.18. The fourth-order valence-electron chi connectivity index (χ4n) is 0.918. The molecule has 0 radical (unpaired) electrons. The Morgan fingerprint density at radius 2 is 1.92 bits per heavy atom. The quantitative estimate of drug-likeness (QED) is 0.633. The van der Waals surface area contributed by atoms with Gasteiger partial charge in [-0.2, -0.15) is 0 Å². The summed E-state index contributed by atoms with van der Waals surface area (Å²) in [5.74, 6) is 0.359. The minimum Gasteiger partial charge on any atom is -0.292 e. The van der Waals surface area contributed by atoms with Crippen LogP contribution in [0, 0.1) is 11.7 Å². The maximum atomic E-state index is 12.5. The Labute approximate surface area is 78.3 Å². The molecule has 0 bridgehead atoms. The second-order valence-corrected chi connectivity index (χ2v) is 3.44. The summed E-state index contributed by atoms with van der Waals surface area (Å²) in [6, 6.07) is 6.33. The molecule has 1 aromatic rings. The first-order chi connectivity index (χ1) is 6.18. The lowest BCUT2D eigenvalue weighted by molar-refractivity contribution is 0.627. The van der Waals surface area contributed by atoms with Crippen molar-refractivity contribution in [3.05, 3.63) is 35.6 Å². The van der Waals surface area contributed by atoms with Gasteiger partial charge in [0.05, 0.1) is 0 Å². The Balaban J connectivity index is 2.54. The van der Waals surface area contributed by atoms with E-state index in [0.29, 0.717) is 5.92 Å². The van der Waals surface area contributed by atoms with E-state index in [1.807, 2.05) is 0 Å². The molecular formula is C11H14FN. The van der Waals surface area contributed by atoms with Gasteiger partial charge in [0, 0.05) is 12.8 Å². The second-order valence-electron chi connectivity index (χ2n) is 3.44. The fourth-order valence-corrected chi connectivity index (χ4v) is 0.918. The van der Waals surface area contributed by atoms with Crippen LogP contribution < -0.4 is 0 Å². The zero-order chi connectivity index (χ0) is 9.68. The van der Waals surface area contributed by atoms with E-state index >= 15 is 0 Å². The zero-order valence-electron chi connectivity index (χ0n) is 8.00. The van der Waals surface area contributed by atoms with Gasteiger partial charge in [0.25, 0.3) is 0 Å². The van der Waals surface area contributed by atoms with E-state index in [2.05, 4.69) is 18.8 Å². The fraction of sp³-hybridized carbons (Fsp3) is 0.364. The summed E-state index contributed by atoms with van der Waals surface area (Å²) in [6.45, 7) is 5.04. The first-order valence-electron chi connectivity index (χ1n) is 4.44. The molecule has 1 rings (SSSR count). The molecule has 0 saturated heterocycles. The molecule has 2 heteroatoms. The summed E-state index contributed by atoms with van der Waals surface area (Å²) in [5, 5.41) is 0. The summed E-state index contributed by atoms with van der Waals surface area (Å²) in [7, 11) is 0. The van der Waals surface area contributed by atoms with E-state index in [1.54, 1.807) is 18.3 Å². The van der Waals surface area contributed by atoms with Crippen molar-refractivity contribution in [3.63, 3.8) is 0 Å². The van der Waals surface area contributed by atoms with Crippen LogP contribution in [0.2, 0.25) is 0 Å². The molecule has 0 spiro atoms. The summed E-state index contributed by atoms with van der Waals surface area (Å²) in [4.78, 5) is 4.22. The lowest BCUT2D eigenvalue weighted by Crippen LogP contribution is -1.92. The molecule has 0 N–H and O–H groups in total. The average Bonchev–Trinajstić information content (AvgIpc) is 2.08. The molecule has 0 aliphatic carbocycles. The van der Waals surface area contributed by atoms with Gasteiger partial charge in [-0.1, -0.05) is 26.0 Å². The molecule has 0 aliphatic rings. The van der Waals surface area contributed by atoms with E-state index < -0.39 is 0 Å². The van der Waals surface area contributed by atoms with Crippen molar-refractivity contribution in [2.24, 2.45) is 10.9 Å². The highest BCUT2D eigenvalue weighted by Gasteiger charge is 1.90. The molecular weight excluding hydrogens is 165 g/mol. The molecule has 0 unspecified atom stereocenters. The van der Waals surface area contributed by atoms with Crippen molar-refractivity contribution in [2.75, 3.05) is 6.54 Å². The standard InChI is InChI=1S/C11H14FN/c1-9(2)7-13-8-10-3-5-11(12)6-4-10/h3-6,8-9H,7H2,1-2H3/b13-8-. The molecule has 1 nitrogen and oxygen atoms in total. The Bertz CT molecular complexity index is 275. The van der Waals surface area contributed by atoms with Gasteiger partial charge in [-0.25, -0.2) is 4.39 Å². The smallest absolute Gasteiger partial charge is 0.123 e. The molecule has 13 heavy (non-hydrogen) atoms. The largest absolute Gasteiger partial charge is 0.292 e. The van der Waals surface area contributed by atoms with Gasteiger partial charge in [-0.15, -0.1) is 0 Å². The van der Waals surface area contributed by atoms with E-state index in [1.165, 1.54) is 12.1 Å². The summed E-state index contributed by atoms with van der Waals surface area (Å²) < 4.78 is 12.5. The van der Waals surface area contributed by atoms with Crippen LogP contribution in [0.25, 0.3) is 0 Å². The van der Waals surface area contributed by atoms with Crippen molar-refractivity contribution in [1.29, 1.82) is 0 Å². The highest BCUT2D eigenvalue weighted by Crippen LogP contribution is 2.00. The van der Waals surface area contributed by atoms with Crippen LogP contribution >= 0.6 is 0 Å². The summed E-state index contributed by atoms with van der Waals surface area (Å²) >= 11 is 0. The van der Waals surface area contributed by atoms with Gasteiger partial charge in [0.2, 0.25) is 0 Å². The number of rotatable bonds is 3. The Morgan fingerprint density at radius 1 is 1.31 bits per heavy atom. The molecule has 1 aromatic carbocycles. The third-order valence-electron chi connectivity index (χ3n) is 1.58. The molecule has 0 atom stereocenters. The average molecular weight is 179 g/mol. The zero-order valence-corrected chi connectivity index (χ0v) is 8.00. The third-order valence-corrected chi connectivity index (χ3v) is 1.58. The van der Waals surface area contributed by atoms with Crippen molar-refractivity contribution in [2.45, 2.75) is 13.8 Å². The first-order valence-corrected chi connectivity index (χ1v) is 4.44. The van der Waals surface area contributed by atoms with Gasteiger partial charge in [-0.3, -0.25) is 4.99 Å². The van der Waals surface area contributed by atoms with E-state index in [-0.39, 0.29) is 5.82 Å². The summed E-state index contributed by atoms with van der Waals surface area (Å²) in [6.07, 6.45) is 1.78. The molecule has 0 amide bonds. The maximum absolute atomic E-state index is 12.5. The van der Waals surface area contributed by atoms with Gasteiger partial charge in [0.1, 0.15) is 5.82 Å². The molecule has 0 saturated carbocycles. The van der Waals surface area contributed by atoms with Crippen molar-refractivity contribution in [1.82, 2.24) is 0 Å². The van der Waals surface area contributed by atoms with Crippen LogP contribution in [0.3, 0.4) is 0 Å². The van der Waals surface area contributed by atoms with Gasteiger partial charge >= 0.3 is 0 Å². The minimum atomic E-state index is -0.207. The maximum Gasteiger partial charge on any atom is 0.123 e. The predicted octanol–water partition coefficient (Wildman–Crippen LogP) is 2.90. The van der Waals surface area contributed by atoms with Crippen molar-refractivity contribution >= 4 is 6.21 Å². The first kappa shape index (κ1) is 9.90. The summed E-state index contributed by atoms with van der Waals surface area (Å²) in [5.41, 5.74) is 0.946. The second kappa shape index (κ2) is 4.75.